The second-order valence-corrected chi connectivity index (χ2v) is 7.48. The molecule has 7 heteroatoms. The van der Waals surface area contributed by atoms with Gasteiger partial charge in [-0.2, -0.15) is 5.10 Å². The van der Waals surface area contributed by atoms with Crippen LogP contribution >= 0.6 is 27.5 Å². The quantitative estimate of drug-likeness (QED) is 0.416. The van der Waals surface area contributed by atoms with Gasteiger partial charge in [-0.1, -0.05) is 39.7 Å². The van der Waals surface area contributed by atoms with Gasteiger partial charge in [-0.15, -0.1) is 0 Å². The molecule has 5 nitrogen and oxygen atoms in total. The fraction of sp³-hybridized carbons (Fsp3) is 0.143. The van der Waals surface area contributed by atoms with E-state index in [9.17, 15) is 4.79 Å². The minimum Gasteiger partial charge on any atom is -0.496 e. The zero-order chi connectivity index (χ0) is 20.3. The van der Waals surface area contributed by atoms with E-state index < -0.39 is 0 Å². The number of aryl methyl sites for hydroxylation is 1. The van der Waals surface area contributed by atoms with E-state index in [1.165, 1.54) is 7.11 Å². The maximum absolute atomic E-state index is 12.4. The number of nitrogens with zero attached hydrogens (tertiary/aromatic N) is 2. The summed E-state index contributed by atoms with van der Waals surface area (Å²) in [5.74, 6) is 0.127. The van der Waals surface area contributed by atoms with Crippen molar-refractivity contribution in [2.45, 2.75) is 13.8 Å². The van der Waals surface area contributed by atoms with E-state index in [0.29, 0.717) is 16.3 Å². The molecule has 0 aliphatic carbocycles. The molecule has 2 aromatic carbocycles. The van der Waals surface area contributed by atoms with Crippen molar-refractivity contribution in [2.24, 2.45) is 5.10 Å². The third-order valence-corrected chi connectivity index (χ3v) is 5.15. The average molecular weight is 461 g/mol. The van der Waals surface area contributed by atoms with E-state index in [4.69, 9.17) is 16.3 Å². The van der Waals surface area contributed by atoms with Crippen molar-refractivity contribution in [3.63, 3.8) is 0 Å². The van der Waals surface area contributed by atoms with Gasteiger partial charge in [0.25, 0.3) is 5.91 Å². The minimum atomic E-state index is -0.352. The second kappa shape index (κ2) is 8.63. The molecule has 28 heavy (non-hydrogen) atoms. The summed E-state index contributed by atoms with van der Waals surface area (Å²) in [5.41, 5.74) is 6.74. The lowest BCUT2D eigenvalue weighted by molar-refractivity contribution is 0.0952. The average Bonchev–Trinajstić information content (AvgIpc) is 2.95. The van der Waals surface area contributed by atoms with E-state index in [-0.39, 0.29) is 5.91 Å². The van der Waals surface area contributed by atoms with Crippen molar-refractivity contribution in [1.29, 1.82) is 0 Å². The lowest BCUT2D eigenvalue weighted by Gasteiger charge is -2.11. The van der Waals surface area contributed by atoms with Gasteiger partial charge in [-0.25, -0.2) is 5.43 Å². The van der Waals surface area contributed by atoms with Crippen LogP contribution < -0.4 is 10.2 Å². The van der Waals surface area contributed by atoms with Gasteiger partial charge in [-0.3, -0.25) is 4.79 Å². The molecule has 1 amide bonds. The molecule has 0 spiro atoms. The van der Waals surface area contributed by atoms with Gasteiger partial charge in [-0.05, 0) is 50.2 Å². The van der Waals surface area contributed by atoms with Crippen LogP contribution in [0, 0.1) is 13.8 Å². The zero-order valence-corrected chi connectivity index (χ0v) is 18.0. The second-order valence-electron chi connectivity index (χ2n) is 6.16. The van der Waals surface area contributed by atoms with Gasteiger partial charge in [0.15, 0.2) is 0 Å². The fourth-order valence-corrected chi connectivity index (χ4v) is 3.58. The van der Waals surface area contributed by atoms with Crippen LogP contribution in [0.25, 0.3) is 5.69 Å². The Kier molecular flexibility index (Phi) is 6.21. The van der Waals surface area contributed by atoms with Crippen LogP contribution in [0.5, 0.6) is 5.75 Å². The van der Waals surface area contributed by atoms with Crippen LogP contribution in [0.15, 0.2) is 58.1 Å². The van der Waals surface area contributed by atoms with Crippen LogP contribution in [0.1, 0.15) is 27.3 Å². The number of rotatable bonds is 5. The first-order chi connectivity index (χ1) is 13.4. The summed E-state index contributed by atoms with van der Waals surface area (Å²) in [7, 11) is 1.52. The standard InChI is InChI=1S/C21H19BrClN3O2/c1-13-10-15(14(2)26(13)19-7-5-4-6-18(19)23)12-24-25-21(27)17-11-16(22)8-9-20(17)28-3/h4-12H,1-3H3,(H,25,27)/b24-12-. The maximum atomic E-state index is 12.4. The molecule has 1 aromatic heterocycles. The number of halogens is 2. The van der Waals surface area contributed by atoms with Gasteiger partial charge in [0, 0.05) is 21.4 Å². The monoisotopic (exact) mass is 459 g/mol. The number of nitrogens with one attached hydrogen (secondary N) is 1. The Morgan fingerprint density at radius 2 is 1.96 bits per heavy atom. The van der Waals surface area contributed by atoms with E-state index in [0.717, 1.165) is 27.1 Å². The van der Waals surface area contributed by atoms with Crippen LogP contribution in [-0.4, -0.2) is 23.8 Å². The Bertz CT molecular complexity index is 1060. The number of methoxy groups -OCH3 is 1. The number of carbonyl (C=O) groups excluding carboxylic acids is 1. The Hall–Kier alpha value is -2.57. The van der Waals surface area contributed by atoms with Crippen molar-refractivity contribution in [2.75, 3.05) is 7.11 Å². The predicted octanol–water partition coefficient (Wildman–Crippen LogP) is 5.28. The largest absolute Gasteiger partial charge is 0.496 e. The van der Waals surface area contributed by atoms with E-state index >= 15 is 0 Å². The van der Waals surface area contributed by atoms with Crippen molar-refractivity contribution in [3.8, 4) is 11.4 Å². The minimum absolute atomic E-state index is 0.352. The summed E-state index contributed by atoms with van der Waals surface area (Å²) in [4.78, 5) is 12.4. The first-order valence-electron chi connectivity index (χ1n) is 8.53. The van der Waals surface area contributed by atoms with Gasteiger partial charge < -0.3 is 9.30 Å². The number of hydrazone groups is 1. The van der Waals surface area contributed by atoms with Crippen LogP contribution in [0.3, 0.4) is 0 Å². The highest BCUT2D eigenvalue weighted by molar-refractivity contribution is 9.10. The summed E-state index contributed by atoms with van der Waals surface area (Å²) in [6.45, 7) is 3.98. The molecule has 1 heterocycles. The highest BCUT2D eigenvalue weighted by Gasteiger charge is 2.13. The Morgan fingerprint density at radius 3 is 2.68 bits per heavy atom. The Morgan fingerprint density at radius 1 is 1.21 bits per heavy atom. The Balaban J connectivity index is 1.83. The number of amides is 1. The highest BCUT2D eigenvalue weighted by Crippen LogP contribution is 2.26. The lowest BCUT2D eigenvalue weighted by atomic mass is 10.2. The third kappa shape index (κ3) is 4.13. The number of aromatic nitrogens is 1. The first-order valence-corrected chi connectivity index (χ1v) is 9.70. The molecule has 0 aliphatic rings. The number of hydrogen-bond donors (Lipinski definition) is 1. The number of ether oxygens (including phenoxy) is 1. The topological polar surface area (TPSA) is 55.6 Å². The van der Waals surface area contributed by atoms with Gasteiger partial charge >= 0.3 is 0 Å². The molecule has 0 aliphatic heterocycles. The molecule has 0 fully saturated rings. The number of carbonyl (C=O) groups is 1. The summed E-state index contributed by atoms with van der Waals surface area (Å²) in [6, 6.07) is 14.9. The van der Waals surface area contributed by atoms with Gasteiger partial charge in [0.05, 0.1) is 29.6 Å². The summed E-state index contributed by atoms with van der Waals surface area (Å²) in [5, 5.41) is 4.78. The van der Waals surface area contributed by atoms with Gasteiger partial charge in [0.2, 0.25) is 0 Å². The van der Waals surface area contributed by atoms with Crippen LogP contribution in [-0.2, 0) is 0 Å². The molecule has 144 valence electrons. The maximum Gasteiger partial charge on any atom is 0.275 e. The van der Waals surface area contributed by atoms with E-state index in [1.54, 1.807) is 18.3 Å². The van der Waals surface area contributed by atoms with Crippen molar-refractivity contribution in [1.82, 2.24) is 9.99 Å². The molecular weight excluding hydrogens is 442 g/mol. The van der Waals surface area contributed by atoms with Crippen molar-refractivity contribution in [3.05, 3.63) is 80.5 Å². The summed E-state index contributed by atoms with van der Waals surface area (Å²) in [6.07, 6.45) is 1.62. The molecule has 0 bridgehead atoms. The highest BCUT2D eigenvalue weighted by atomic mass is 79.9. The molecule has 0 saturated heterocycles. The molecule has 0 unspecified atom stereocenters. The van der Waals surface area contributed by atoms with E-state index in [1.807, 2.05) is 50.2 Å². The smallest absolute Gasteiger partial charge is 0.275 e. The summed E-state index contributed by atoms with van der Waals surface area (Å²) < 4.78 is 8.08. The predicted molar refractivity (Wildman–Crippen MR) is 116 cm³/mol. The van der Waals surface area contributed by atoms with Crippen LogP contribution in [0.4, 0.5) is 0 Å². The van der Waals surface area contributed by atoms with Gasteiger partial charge in [0.1, 0.15) is 5.75 Å². The first kappa shape index (κ1) is 20.2. The normalized spacial score (nSPS) is 11.0. The number of hydrogen-bond acceptors (Lipinski definition) is 3. The molecule has 3 rings (SSSR count). The number of benzene rings is 2. The molecule has 0 radical (unpaired) electrons. The SMILES string of the molecule is COc1ccc(Br)cc1C(=O)N/N=C\c1cc(C)n(-c2ccccc2Cl)c1C. The number of para-hydroxylation sites is 1. The van der Waals surface area contributed by atoms with Crippen molar-refractivity contribution < 1.29 is 9.53 Å². The molecule has 0 saturated carbocycles. The van der Waals surface area contributed by atoms with E-state index in [2.05, 4.69) is 31.0 Å². The zero-order valence-electron chi connectivity index (χ0n) is 15.7. The Labute approximate surface area is 177 Å². The van der Waals surface area contributed by atoms with Crippen LogP contribution in [0.2, 0.25) is 5.02 Å². The molecule has 1 N–H and O–H groups in total. The molecule has 3 aromatic rings. The molecular formula is C21H19BrClN3O2. The fourth-order valence-electron chi connectivity index (χ4n) is 3.00. The lowest BCUT2D eigenvalue weighted by Crippen LogP contribution is -2.18. The molecule has 0 atom stereocenters. The third-order valence-electron chi connectivity index (χ3n) is 4.34. The van der Waals surface area contributed by atoms with Crippen molar-refractivity contribution >= 4 is 39.7 Å². The summed E-state index contributed by atoms with van der Waals surface area (Å²) >= 11 is 9.70.